The van der Waals surface area contributed by atoms with Gasteiger partial charge in [0.2, 0.25) is 10.0 Å². The summed E-state index contributed by atoms with van der Waals surface area (Å²) in [4.78, 5) is -0.0195. The molecule has 0 saturated heterocycles. The summed E-state index contributed by atoms with van der Waals surface area (Å²) in [5.41, 5.74) is 0.646. The fourth-order valence-corrected chi connectivity index (χ4v) is 3.76. The zero-order valence-electron chi connectivity index (χ0n) is 11.0. The molecule has 1 unspecified atom stereocenters. The molecule has 0 aliphatic heterocycles. The molecule has 0 spiro atoms. The van der Waals surface area contributed by atoms with Gasteiger partial charge in [-0.1, -0.05) is 35.3 Å². The summed E-state index contributed by atoms with van der Waals surface area (Å²) < 4.78 is 39.9. The van der Waals surface area contributed by atoms with Gasteiger partial charge in [-0.05, 0) is 42.8 Å². The number of hydrogen-bond acceptors (Lipinski definition) is 2. The molecule has 112 valence electrons. The first-order valence-electron chi connectivity index (χ1n) is 6.02. The number of rotatable bonds is 4. The first kappa shape index (κ1) is 16.2. The van der Waals surface area contributed by atoms with Crippen LogP contribution in [0.25, 0.3) is 0 Å². The molecule has 0 fully saturated rings. The molecule has 0 saturated carbocycles. The Morgan fingerprint density at radius 1 is 1.05 bits per heavy atom. The summed E-state index contributed by atoms with van der Waals surface area (Å²) >= 11 is 11.6. The Kier molecular flexibility index (Phi) is 4.88. The first-order chi connectivity index (χ1) is 9.78. The topological polar surface area (TPSA) is 46.2 Å². The number of benzene rings is 2. The van der Waals surface area contributed by atoms with Crippen LogP contribution in [0.15, 0.2) is 47.4 Å². The molecule has 21 heavy (non-hydrogen) atoms. The maximum Gasteiger partial charge on any atom is 0.241 e. The van der Waals surface area contributed by atoms with E-state index in [0.29, 0.717) is 5.56 Å². The van der Waals surface area contributed by atoms with Gasteiger partial charge in [0, 0.05) is 16.1 Å². The standard InChI is InChI=1S/C14H12Cl2FNO2S/c1-9(10-2-4-13(17)5-3-10)18-21(19,20)14-7-11(15)6-12(16)8-14/h2-9,18H,1H3. The minimum Gasteiger partial charge on any atom is -0.207 e. The van der Waals surface area contributed by atoms with Gasteiger partial charge in [-0.3, -0.25) is 0 Å². The molecule has 7 heteroatoms. The van der Waals surface area contributed by atoms with E-state index in [4.69, 9.17) is 23.2 Å². The summed E-state index contributed by atoms with van der Waals surface area (Å²) in [5.74, 6) is -0.379. The third-order valence-electron chi connectivity index (χ3n) is 2.85. The molecule has 0 heterocycles. The van der Waals surface area contributed by atoms with Crippen LogP contribution in [0.4, 0.5) is 4.39 Å². The quantitative estimate of drug-likeness (QED) is 0.901. The van der Waals surface area contributed by atoms with Crippen molar-refractivity contribution in [1.82, 2.24) is 4.72 Å². The minimum atomic E-state index is -3.78. The molecular weight excluding hydrogens is 336 g/mol. The van der Waals surface area contributed by atoms with Crippen LogP contribution in [0.1, 0.15) is 18.5 Å². The van der Waals surface area contributed by atoms with Gasteiger partial charge in [0.1, 0.15) is 5.82 Å². The number of nitrogens with one attached hydrogen (secondary N) is 1. The summed E-state index contributed by atoms with van der Waals surface area (Å²) in [5, 5.41) is 0.467. The lowest BCUT2D eigenvalue weighted by atomic mass is 10.1. The predicted octanol–water partition coefficient (Wildman–Crippen LogP) is 4.17. The second-order valence-electron chi connectivity index (χ2n) is 4.50. The van der Waals surface area contributed by atoms with Gasteiger partial charge in [-0.15, -0.1) is 0 Å². The highest BCUT2D eigenvalue weighted by atomic mass is 35.5. The van der Waals surface area contributed by atoms with E-state index in [-0.39, 0.29) is 20.8 Å². The Morgan fingerprint density at radius 3 is 2.10 bits per heavy atom. The SMILES string of the molecule is CC(NS(=O)(=O)c1cc(Cl)cc(Cl)c1)c1ccc(F)cc1. The Balaban J connectivity index is 2.26. The molecule has 0 aromatic heterocycles. The highest BCUT2D eigenvalue weighted by Gasteiger charge is 2.19. The minimum absolute atomic E-state index is 0.0195. The van der Waals surface area contributed by atoms with Gasteiger partial charge in [-0.2, -0.15) is 0 Å². The summed E-state index contributed by atoms with van der Waals surface area (Å²) in [6, 6.07) is 9.15. The van der Waals surface area contributed by atoms with Crippen molar-refractivity contribution < 1.29 is 12.8 Å². The molecule has 1 N–H and O–H groups in total. The second kappa shape index (κ2) is 6.32. The predicted molar refractivity (Wildman–Crippen MR) is 81.6 cm³/mol. The van der Waals surface area contributed by atoms with E-state index in [1.807, 2.05) is 0 Å². The zero-order chi connectivity index (χ0) is 15.6. The monoisotopic (exact) mass is 347 g/mol. The van der Waals surface area contributed by atoms with Crippen molar-refractivity contribution >= 4 is 33.2 Å². The van der Waals surface area contributed by atoms with Crippen molar-refractivity contribution in [3.63, 3.8) is 0 Å². The molecule has 2 aromatic carbocycles. The summed E-state index contributed by atoms with van der Waals surface area (Å²) in [6.07, 6.45) is 0. The molecule has 0 amide bonds. The van der Waals surface area contributed by atoms with Gasteiger partial charge in [0.15, 0.2) is 0 Å². The number of hydrogen-bond donors (Lipinski definition) is 1. The maximum absolute atomic E-state index is 12.9. The molecule has 0 aliphatic rings. The van der Waals surface area contributed by atoms with Crippen LogP contribution >= 0.6 is 23.2 Å². The largest absolute Gasteiger partial charge is 0.241 e. The Labute approximate surface area is 132 Å². The Morgan fingerprint density at radius 2 is 1.57 bits per heavy atom. The van der Waals surface area contributed by atoms with Crippen molar-refractivity contribution in [2.75, 3.05) is 0 Å². The normalized spacial score (nSPS) is 13.1. The Bertz CT molecular complexity index is 728. The van der Waals surface area contributed by atoms with Crippen LogP contribution < -0.4 is 4.72 Å². The van der Waals surface area contributed by atoms with E-state index < -0.39 is 16.1 Å². The van der Waals surface area contributed by atoms with E-state index >= 15 is 0 Å². The van der Waals surface area contributed by atoms with Gasteiger partial charge in [0.25, 0.3) is 0 Å². The third-order valence-corrected chi connectivity index (χ3v) is 4.80. The van der Waals surface area contributed by atoms with E-state index in [2.05, 4.69) is 4.72 Å². The molecule has 2 rings (SSSR count). The fraction of sp³-hybridized carbons (Fsp3) is 0.143. The molecule has 3 nitrogen and oxygen atoms in total. The fourth-order valence-electron chi connectivity index (χ4n) is 1.80. The van der Waals surface area contributed by atoms with Crippen LogP contribution in [0, 0.1) is 5.82 Å². The third kappa shape index (κ3) is 4.17. The van der Waals surface area contributed by atoms with Crippen molar-refractivity contribution in [3.8, 4) is 0 Å². The molecule has 2 aromatic rings. The zero-order valence-corrected chi connectivity index (χ0v) is 13.3. The lowest BCUT2D eigenvalue weighted by Gasteiger charge is -2.15. The lowest BCUT2D eigenvalue weighted by molar-refractivity contribution is 0.566. The van der Waals surface area contributed by atoms with E-state index in [1.54, 1.807) is 6.92 Å². The second-order valence-corrected chi connectivity index (χ2v) is 7.09. The van der Waals surface area contributed by atoms with Crippen molar-refractivity contribution in [1.29, 1.82) is 0 Å². The lowest BCUT2D eigenvalue weighted by Crippen LogP contribution is -2.26. The Hall–Kier alpha value is -1.14. The molecule has 0 radical (unpaired) electrons. The van der Waals surface area contributed by atoms with Crippen LogP contribution in [-0.4, -0.2) is 8.42 Å². The van der Waals surface area contributed by atoms with Gasteiger partial charge < -0.3 is 0 Å². The average molecular weight is 348 g/mol. The van der Waals surface area contributed by atoms with Crippen molar-refractivity contribution in [2.45, 2.75) is 17.9 Å². The van der Waals surface area contributed by atoms with E-state index in [9.17, 15) is 12.8 Å². The number of sulfonamides is 1. The van der Waals surface area contributed by atoms with Crippen LogP contribution in [-0.2, 0) is 10.0 Å². The summed E-state index contributed by atoms with van der Waals surface area (Å²) in [7, 11) is -3.78. The molecule has 1 atom stereocenters. The van der Waals surface area contributed by atoms with Gasteiger partial charge in [0.05, 0.1) is 4.90 Å². The van der Waals surface area contributed by atoms with Crippen molar-refractivity contribution in [3.05, 3.63) is 63.9 Å². The van der Waals surface area contributed by atoms with Crippen molar-refractivity contribution in [2.24, 2.45) is 0 Å². The smallest absolute Gasteiger partial charge is 0.207 e. The first-order valence-corrected chi connectivity index (χ1v) is 8.26. The highest BCUT2D eigenvalue weighted by Crippen LogP contribution is 2.24. The summed E-state index contributed by atoms with van der Waals surface area (Å²) in [6.45, 7) is 1.66. The van der Waals surface area contributed by atoms with Crippen LogP contribution in [0.3, 0.4) is 0 Å². The average Bonchev–Trinajstić information content (AvgIpc) is 2.37. The van der Waals surface area contributed by atoms with Gasteiger partial charge in [-0.25, -0.2) is 17.5 Å². The van der Waals surface area contributed by atoms with E-state index in [0.717, 1.165) is 0 Å². The molecule has 0 bridgehead atoms. The molecule has 0 aliphatic carbocycles. The van der Waals surface area contributed by atoms with E-state index in [1.165, 1.54) is 42.5 Å². The molecular formula is C14H12Cl2FNO2S. The number of halogens is 3. The highest BCUT2D eigenvalue weighted by molar-refractivity contribution is 7.89. The van der Waals surface area contributed by atoms with Crippen LogP contribution in [0.5, 0.6) is 0 Å². The van der Waals surface area contributed by atoms with Gasteiger partial charge >= 0.3 is 0 Å². The maximum atomic E-state index is 12.9. The van der Waals surface area contributed by atoms with Crippen LogP contribution in [0.2, 0.25) is 10.0 Å².